The van der Waals surface area contributed by atoms with Crippen LogP contribution in [0.25, 0.3) is 0 Å². The number of nitrogens with zero attached hydrogens (tertiary/aromatic N) is 1. The second kappa shape index (κ2) is 6.84. The summed E-state index contributed by atoms with van der Waals surface area (Å²) in [5.74, 6) is 1.60. The van der Waals surface area contributed by atoms with Gasteiger partial charge in [-0.15, -0.1) is 0 Å². The van der Waals surface area contributed by atoms with Crippen molar-refractivity contribution in [3.63, 3.8) is 0 Å². The number of nitrogens with one attached hydrogen (secondary N) is 1. The number of rotatable bonds is 3. The molecule has 1 N–H and O–H groups in total. The first-order valence-corrected chi connectivity index (χ1v) is 8.02. The number of ether oxygens (including phenoxy) is 1. The summed E-state index contributed by atoms with van der Waals surface area (Å²) in [4.78, 5) is 14.6. The third-order valence-corrected chi connectivity index (χ3v) is 4.38. The Morgan fingerprint density at radius 1 is 1.04 bits per heavy atom. The summed E-state index contributed by atoms with van der Waals surface area (Å²) in [7, 11) is 0. The number of hydrogen-bond donors (Lipinski definition) is 1. The van der Waals surface area contributed by atoms with Gasteiger partial charge in [0.2, 0.25) is 0 Å². The quantitative estimate of drug-likeness (QED) is 0.946. The van der Waals surface area contributed by atoms with Gasteiger partial charge in [0.05, 0.1) is 0 Å². The van der Waals surface area contributed by atoms with Crippen molar-refractivity contribution in [1.29, 1.82) is 0 Å². The number of hydrogen-bond acceptors (Lipinski definition) is 3. The lowest BCUT2D eigenvalue weighted by Crippen LogP contribution is -2.57. The minimum atomic E-state index is 0.0807. The average molecular weight is 310 g/mol. The number of amides is 1. The third-order valence-electron chi connectivity index (χ3n) is 4.38. The summed E-state index contributed by atoms with van der Waals surface area (Å²) < 4.78 is 5.76. The Hall–Kier alpha value is -2.33. The maximum Gasteiger partial charge on any atom is 0.254 e. The van der Waals surface area contributed by atoms with Crippen LogP contribution in [-0.2, 0) is 0 Å². The van der Waals surface area contributed by atoms with E-state index < -0.39 is 0 Å². The van der Waals surface area contributed by atoms with Gasteiger partial charge in [-0.1, -0.05) is 18.2 Å². The molecule has 1 saturated heterocycles. The highest BCUT2D eigenvalue weighted by atomic mass is 16.5. The molecule has 1 aliphatic heterocycles. The molecule has 23 heavy (non-hydrogen) atoms. The molecule has 1 fully saturated rings. The first-order valence-electron chi connectivity index (χ1n) is 8.02. The highest BCUT2D eigenvalue weighted by Gasteiger charge is 2.28. The molecule has 1 aliphatic rings. The zero-order valence-corrected chi connectivity index (χ0v) is 13.5. The summed E-state index contributed by atoms with van der Waals surface area (Å²) in [6.07, 6.45) is 0. The van der Waals surface area contributed by atoms with Crippen LogP contribution < -0.4 is 10.1 Å². The number of carbonyl (C=O) groups is 1. The molecule has 1 heterocycles. The number of benzene rings is 2. The second-order valence-corrected chi connectivity index (χ2v) is 5.92. The summed E-state index contributed by atoms with van der Waals surface area (Å²) >= 11 is 0. The van der Waals surface area contributed by atoms with E-state index in [1.165, 1.54) is 0 Å². The predicted molar refractivity (Wildman–Crippen MR) is 90.9 cm³/mol. The highest BCUT2D eigenvalue weighted by Crippen LogP contribution is 2.22. The summed E-state index contributed by atoms with van der Waals surface area (Å²) in [6.45, 7) is 5.78. The first kappa shape index (κ1) is 15.6. The number of piperazine rings is 1. The lowest BCUT2D eigenvalue weighted by molar-refractivity contribution is 0.0603. The largest absolute Gasteiger partial charge is 0.457 e. The molecule has 4 heteroatoms. The maximum atomic E-state index is 12.7. The smallest absolute Gasteiger partial charge is 0.254 e. The first-order chi connectivity index (χ1) is 11.1. The van der Waals surface area contributed by atoms with Crippen LogP contribution in [-0.4, -0.2) is 36.0 Å². The van der Waals surface area contributed by atoms with Crippen LogP contribution in [0.15, 0.2) is 54.6 Å². The molecule has 3 rings (SSSR count). The van der Waals surface area contributed by atoms with Gasteiger partial charge in [-0.25, -0.2) is 0 Å². The maximum absolute atomic E-state index is 12.7. The van der Waals surface area contributed by atoms with Gasteiger partial charge in [0.15, 0.2) is 0 Å². The van der Waals surface area contributed by atoms with E-state index in [0.29, 0.717) is 11.6 Å². The Kier molecular flexibility index (Phi) is 4.63. The zero-order valence-electron chi connectivity index (χ0n) is 13.5. The molecular weight excluding hydrogens is 288 g/mol. The SMILES string of the molecule is CC1NCCN(C(=O)c2ccc(Oc3ccccc3)cc2)C1C. The van der Waals surface area contributed by atoms with E-state index in [9.17, 15) is 4.79 Å². The van der Waals surface area contributed by atoms with Crippen LogP contribution in [0.3, 0.4) is 0 Å². The van der Waals surface area contributed by atoms with E-state index in [-0.39, 0.29) is 11.9 Å². The summed E-state index contributed by atoms with van der Waals surface area (Å²) in [5, 5.41) is 3.39. The molecule has 120 valence electrons. The molecule has 2 unspecified atom stereocenters. The van der Waals surface area contributed by atoms with Crippen LogP contribution in [0.2, 0.25) is 0 Å². The monoisotopic (exact) mass is 310 g/mol. The van der Waals surface area contributed by atoms with Crippen LogP contribution in [0.4, 0.5) is 0 Å². The van der Waals surface area contributed by atoms with Gasteiger partial charge in [-0.05, 0) is 50.2 Å². The average Bonchev–Trinajstić information content (AvgIpc) is 2.58. The molecular formula is C19H22N2O2. The Balaban J connectivity index is 1.70. The van der Waals surface area contributed by atoms with Gasteiger partial charge in [0.25, 0.3) is 5.91 Å². The van der Waals surface area contributed by atoms with E-state index in [2.05, 4.69) is 19.2 Å². The van der Waals surface area contributed by atoms with Crippen molar-refractivity contribution in [3.8, 4) is 11.5 Å². The van der Waals surface area contributed by atoms with E-state index in [1.54, 1.807) is 0 Å². The molecule has 1 amide bonds. The van der Waals surface area contributed by atoms with Crippen LogP contribution in [0.5, 0.6) is 11.5 Å². The Morgan fingerprint density at radius 3 is 2.39 bits per heavy atom. The molecule has 0 aromatic heterocycles. The van der Waals surface area contributed by atoms with Crippen molar-refractivity contribution in [2.45, 2.75) is 25.9 Å². The van der Waals surface area contributed by atoms with Crippen LogP contribution >= 0.6 is 0 Å². The van der Waals surface area contributed by atoms with Gasteiger partial charge < -0.3 is 15.0 Å². The van der Waals surface area contributed by atoms with Crippen LogP contribution in [0, 0.1) is 0 Å². The van der Waals surface area contributed by atoms with Crippen molar-refractivity contribution in [1.82, 2.24) is 10.2 Å². The van der Waals surface area contributed by atoms with Gasteiger partial charge in [-0.2, -0.15) is 0 Å². The van der Waals surface area contributed by atoms with Gasteiger partial charge in [-0.3, -0.25) is 4.79 Å². The summed E-state index contributed by atoms with van der Waals surface area (Å²) in [6, 6.07) is 17.5. The lowest BCUT2D eigenvalue weighted by atomic mass is 10.1. The molecule has 2 aromatic carbocycles. The Morgan fingerprint density at radius 2 is 1.70 bits per heavy atom. The van der Waals surface area contributed by atoms with E-state index >= 15 is 0 Å². The molecule has 0 spiro atoms. The topological polar surface area (TPSA) is 41.6 Å². The van der Waals surface area contributed by atoms with Crippen molar-refractivity contribution >= 4 is 5.91 Å². The predicted octanol–water partition coefficient (Wildman–Crippen LogP) is 3.30. The zero-order chi connectivity index (χ0) is 16.2. The van der Waals surface area contributed by atoms with E-state index in [1.807, 2.05) is 59.5 Å². The summed E-state index contributed by atoms with van der Waals surface area (Å²) in [5.41, 5.74) is 0.700. The fourth-order valence-electron chi connectivity index (χ4n) is 2.80. The Labute approximate surface area is 137 Å². The third kappa shape index (κ3) is 3.54. The van der Waals surface area contributed by atoms with Gasteiger partial charge in [0.1, 0.15) is 11.5 Å². The molecule has 0 aliphatic carbocycles. The fourth-order valence-corrected chi connectivity index (χ4v) is 2.80. The second-order valence-electron chi connectivity index (χ2n) is 5.92. The van der Waals surface area contributed by atoms with E-state index in [4.69, 9.17) is 4.74 Å². The van der Waals surface area contributed by atoms with E-state index in [0.717, 1.165) is 24.6 Å². The number of para-hydroxylation sites is 1. The molecule has 2 aromatic rings. The van der Waals surface area contributed by atoms with Crippen molar-refractivity contribution in [2.24, 2.45) is 0 Å². The fraction of sp³-hybridized carbons (Fsp3) is 0.316. The molecule has 4 nitrogen and oxygen atoms in total. The Bertz CT molecular complexity index is 655. The molecule has 2 atom stereocenters. The molecule has 0 bridgehead atoms. The van der Waals surface area contributed by atoms with Gasteiger partial charge >= 0.3 is 0 Å². The minimum absolute atomic E-state index is 0.0807. The van der Waals surface area contributed by atoms with Crippen molar-refractivity contribution < 1.29 is 9.53 Å². The number of carbonyl (C=O) groups excluding carboxylic acids is 1. The molecule has 0 radical (unpaired) electrons. The standard InChI is InChI=1S/C19H22N2O2/c1-14-15(2)21(13-12-20-14)19(22)16-8-10-18(11-9-16)23-17-6-4-3-5-7-17/h3-11,14-15,20H,12-13H2,1-2H3. The van der Waals surface area contributed by atoms with Crippen molar-refractivity contribution in [3.05, 3.63) is 60.2 Å². The van der Waals surface area contributed by atoms with Gasteiger partial charge in [0, 0.05) is 30.7 Å². The lowest BCUT2D eigenvalue weighted by Gasteiger charge is -2.38. The molecule has 0 saturated carbocycles. The normalized spacial score (nSPS) is 21.0. The van der Waals surface area contributed by atoms with Crippen LogP contribution in [0.1, 0.15) is 24.2 Å². The highest BCUT2D eigenvalue weighted by molar-refractivity contribution is 5.94. The van der Waals surface area contributed by atoms with Crippen molar-refractivity contribution in [2.75, 3.05) is 13.1 Å². The minimum Gasteiger partial charge on any atom is -0.457 e.